The van der Waals surface area contributed by atoms with Crippen LogP contribution in [0.2, 0.25) is 0 Å². The van der Waals surface area contributed by atoms with E-state index >= 15 is 0 Å². The maximum atomic E-state index is 14.5. The van der Waals surface area contributed by atoms with Gasteiger partial charge in [-0.25, -0.2) is 12.8 Å². The van der Waals surface area contributed by atoms with E-state index in [2.05, 4.69) is 0 Å². The molecule has 0 radical (unpaired) electrons. The van der Waals surface area contributed by atoms with Gasteiger partial charge < -0.3 is 9.47 Å². The summed E-state index contributed by atoms with van der Waals surface area (Å²) < 4.78 is 56.8. The average molecular weight is 594 g/mol. The summed E-state index contributed by atoms with van der Waals surface area (Å²) in [5.74, 6) is -0.270. The van der Waals surface area contributed by atoms with Crippen molar-refractivity contribution in [2.24, 2.45) is 0 Å². The zero-order valence-electron chi connectivity index (χ0n) is 24.2. The summed E-state index contributed by atoms with van der Waals surface area (Å²) in [6.07, 6.45) is 0.591. The summed E-state index contributed by atoms with van der Waals surface area (Å²) in [5.41, 5.74) is 2.00. The van der Waals surface area contributed by atoms with Crippen molar-refractivity contribution in [3.8, 4) is 5.75 Å². The molecule has 1 fully saturated rings. The lowest BCUT2D eigenvalue weighted by molar-refractivity contribution is -0.146. The monoisotopic (exact) mass is 593 g/mol. The molecule has 0 amide bonds. The molecule has 0 spiro atoms. The molecule has 2 atom stereocenters. The lowest BCUT2D eigenvalue weighted by Gasteiger charge is -2.24. The van der Waals surface area contributed by atoms with Gasteiger partial charge >= 0.3 is 5.97 Å². The summed E-state index contributed by atoms with van der Waals surface area (Å²) in [4.78, 5) is 12.7. The van der Waals surface area contributed by atoms with Crippen molar-refractivity contribution in [1.82, 2.24) is 14.1 Å². The van der Waals surface area contributed by atoms with Gasteiger partial charge in [-0.15, -0.1) is 0 Å². The SMILES string of the molecule is CC(C)OC(=O)Cc1nn([C@@H]2C[C@@H](Cc3ccccc3)N(S(=O)(=O)c3ccc(OC(C)C)cc3)C2)c2cc(F)ccc12. The van der Waals surface area contributed by atoms with E-state index in [-0.39, 0.29) is 42.2 Å². The van der Waals surface area contributed by atoms with E-state index in [1.54, 1.807) is 48.9 Å². The Morgan fingerprint density at radius 2 is 1.71 bits per heavy atom. The van der Waals surface area contributed by atoms with Gasteiger partial charge in [0.05, 0.1) is 40.8 Å². The molecule has 1 aliphatic heterocycles. The van der Waals surface area contributed by atoms with Crippen LogP contribution in [0.4, 0.5) is 4.39 Å². The first-order valence-electron chi connectivity index (χ1n) is 14.2. The Morgan fingerprint density at radius 1 is 1.00 bits per heavy atom. The van der Waals surface area contributed by atoms with Crippen LogP contribution in [-0.4, -0.2) is 53.3 Å². The third kappa shape index (κ3) is 6.50. The van der Waals surface area contributed by atoms with E-state index in [1.807, 2.05) is 44.2 Å². The van der Waals surface area contributed by atoms with Crippen LogP contribution in [0.25, 0.3) is 10.9 Å². The van der Waals surface area contributed by atoms with Crippen LogP contribution in [-0.2, 0) is 32.4 Å². The first-order chi connectivity index (χ1) is 20.0. The molecule has 0 unspecified atom stereocenters. The second-order valence-electron chi connectivity index (χ2n) is 11.2. The Morgan fingerprint density at radius 3 is 2.38 bits per heavy atom. The quantitative estimate of drug-likeness (QED) is 0.219. The predicted molar refractivity (Wildman–Crippen MR) is 158 cm³/mol. The van der Waals surface area contributed by atoms with Crippen LogP contribution in [0.5, 0.6) is 5.75 Å². The summed E-state index contributed by atoms with van der Waals surface area (Å²) >= 11 is 0. The topological polar surface area (TPSA) is 90.7 Å². The zero-order valence-corrected chi connectivity index (χ0v) is 25.1. The number of ether oxygens (including phenoxy) is 2. The maximum absolute atomic E-state index is 14.5. The summed E-state index contributed by atoms with van der Waals surface area (Å²) in [6, 6.07) is 19.8. The zero-order chi connectivity index (χ0) is 30.0. The molecule has 1 aliphatic rings. The van der Waals surface area contributed by atoms with Crippen molar-refractivity contribution in [2.45, 2.75) is 76.1 Å². The average Bonchev–Trinajstić information content (AvgIpc) is 3.50. The molecule has 0 aliphatic carbocycles. The molecule has 42 heavy (non-hydrogen) atoms. The molecular formula is C32H36FN3O5S. The molecule has 2 heterocycles. The smallest absolute Gasteiger partial charge is 0.312 e. The maximum Gasteiger partial charge on any atom is 0.312 e. The van der Waals surface area contributed by atoms with Gasteiger partial charge in [-0.05, 0) is 88.6 Å². The summed E-state index contributed by atoms with van der Waals surface area (Å²) in [6.45, 7) is 7.51. The summed E-state index contributed by atoms with van der Waals surface area (Å²) in [5, 5.41) is 5.38. The van der Waals surface area contributed by atoms with E-state index in [4.69, 9.17) is 14.6 Å². The number of nitrogens with zero attached hydrogens (tertiary/aromatic N) is 3. The molecule has 0 bridgehead atoms. The normalized spacial score (nSPS) is 17.8. The van der Waals surface area contributed by atoms with E-state index in [0.717, 1.165) is 5.56 Å². The van der Waals surface area contributed by atoms with Crippen LogP contribution in [0, 0.1) is 5.82 Å². The molecule has 1 aromatic heterocycles. The minimum Gasteiger partial charge on any atom is -0.491 e. The predicted octanol–water partition coefficient (Wildman–Crippen LogP) is 5.70. The minimum atomic E-state index is -3.89. The number of hydrogen-bond donors (Lipinski definition) is 0. The Labute approximate surface area is 246 Å². The molecule has 8 nitrogen and oxygen atoms in total. The van der Waals surface area contributed by atoms with Crippen LogP contribution in [0.3, 0.4) is 0 Å². The van der Waals surface area contributed by atoms with E-state index in [9.17, 15) is 17.6 Å². The van der Waals surface area contributed by atoms with Gasteiger partial charge in [-0.1, -0.05) is 30.3 Å². The number of hydrogen-bond acceptors (Lipinski definition) is 6. The van der Waals surface area contributed by atoms with Crippen molar-refractivity contribution in [2.75, 3.05) is 6.54 Å². The van der Waals surface area contributed by atoms with Gasteiger partial charge in [-0.2, -0.15) is 9.40 Å². The number of carbonyl (C=O) groups is 1. The van der Waals surface area contributed by atoms with Gasteiger partial charge in [0.1, 0.15) is 11.6 Å². The largest absolute Gasteiger partial charge is 0.491 e. The van der Waals surface area contributed by atoms with Crippen molar-refractivity contribution in [3.63, 3.8) is 0 Å². The number of carbonyl (C=O) groups excluding carboxylic acids is 1. The minimum absolute atomic E-state index is 0.0344. The van der Waals surface area contributed by atoms with E-state index in [1.165, 1.54) is 16.4 Å². The third-order valence-electron chi connectivity index (χ3n) is 7.23. The van der Waals surface area contributed by atoms with Gasteiger partial charge in [-0.3, -0.25) is 9.48 Å². The first-order valence-corrected chi connectivity index (χ1v) is 15.6. The Balaban J connectivity index is 1.51. The second kappa shape index (κ2) is 12.2. The molecule has 1 saturated heterocycles. The number of halogens is 1. The summed E-state index contributed by atoms with van der Waals surface area (Å²) in [7, 11) is -3.89. The number of aromatic nitrogens is 2. The highest BCUT2D eigenvalue weighted by atomic mass is 32.2. The fraction of sp³-hybridized carbons (Fsp3) is 0.375. The number of benzene rings is 3. The number of rotatable bonds is 10. The molecule has 0 N–H and O–H groups in total. The molecule has 4 aromatic rings. The van der Waals surface area contributed by atoms with E-state index in [0.29, 0.717) is 35.2 Å². The molecule has 222 valence electrons. The number of sulfonamides is 1. The fourth-order valence-corrected chi connectivity index (χ4v) is 7.20. The molecule has 3 aromatic carbocycles. The molecular weight excluding hydrogens is 557 g/mol. The molecule has 0 saturated carbocycles. The molecule has 10 heteroatoms. The van der Waals surface area contributed by atoms with Crippen LogP contribution < -0.4 is 4.74 Å². The van der Waals surface area contributed by atoms with Gasteiger partial charge in [0.25, 0.3) is 0 Å². The van der Waals surface area contributed by atoms with Crippen molar-refractivity contribution >= 4 is 26.9 Å². The van der Waals surface area contributed by atoms with Crippen molar-refractivity contribution in [3.05, 3.63) is 89.9 Å². The van der Waals surface area contributed by atoms with Crippen LogP contribution in [0.1, 0.15) is 51.4 Å². The van der Waals surface area contributed by atoms with E-state index < -0.39 is 21.8 Å². The fourth-order valence-electron chi connectivity index (χ4n) is 5.53. The highest BCUT2D eigenvalue weighted by Gasteiger charge is 2.42. The molecule has 5 rings (SSSR count). The van der Waals surface area contributed by atoms with Crippen molar-refractivity contribution in [1.29, 1.82) is 0 Å². The Kier molecular flexibility index (Phi) is 8.65. The lowest BCUT2D eigenvalue weighted by Crippen LogP contribution is -2.37. The second-order valence-corrected chi connectivity index (χ2v) is 13.1. The standard InChI is InChI=1S/C32H36FN3O5S/c1-21(2)40-27-11-13-28(14-12-27)42(38,39)35-20-26(18-25(35)16-23-8-6-5-7-9-23)36-31-17-24(33)10-15-29(31)30(34-36)19-32(37)41-22(3)4/h5-15,17,21-22,25-26H,16,18-20H2,1-4H3/t25-,26-/m1/s1. The highest BCUT2D eigenvalue weighted by Crippen LogP contribution is 2.37. The van der Waals surface area contributed by atoms with Crippen LogP contribution >= 0.6 is 0 Å². The van der Waals surface area contributed by atoms with Gasteiger partial charge in [0.15, 0.2) is 0 Å². The number of fused-ring (bicyclic) bond motifs is 1. The Bertz CT molecular complexity index is 1650. The highest BCUT2D eigenvalue weighted by molar-refractivity contribution is 7.89. The third-order valence-corrected chi connectivity index (χ3v) is 9.16. The van der Waals surface area contributed by atoms with Gasteiger partial charge in [0, 0.05) is 18.0 Å². The van der Waals surface area contributed by atoms with Crippen LogP contribution in [0.15, 0.2) is 77.7 Å². The Hall–Kier alpha value is -3.76. The van der Waals surface area contributed by atoms with Gasteiger partial charge in [0.2, 0.25) is 10.0 Å². The number of esters is 1. The van der Waals surface area contributed by atoms with Crippen molar-refractivity contribution < 1.29 is 27.1 Å². The lowest BCUT2D eigenvalue weighted by atomic mass is 10.0. The first kappa shape index (κ1) is 29.7.